The van der Waals surface area contributed by atoms with Gasteiger partial charge in [-0.1, -0.05) is 60.7 Å². The molecule has 1 aromatic heterocycles. The minimum absolute atomic E-state index is 0.0437. The molecular weight excluding hydrogens is 464 g/mol. The molecule has 5 rings (SSSR count). The third-order valence-corrected chi connectivity index (χ3v) is 7.22. The van der Waals surface area contributed by atoms with Gasteiger partial charge in [-0.2, -0.15) is 8.42 Å². The van der Waals surface area contributed by atoms with Gasteiger partial charge >= 0.3 is 15.9 Å². The number of nitrogens with zero attached hydrogens (tertiary/aromatic N) is 2. The van der Waals surface area contributed by atoms with E-state index in [0.29, 0.717) is 23.9 Å². The lowest BCUT2D eigenvalue weighted by molar-refractivity contribution is 0.486. The zero-order chi connectivity index (χ0) is 24.6. The van der Waals surface area contributed by atoms with E-state index in [1.807, 2.05) is 67.5 Å². The number of para-hydroxylation sites is 1. The Labute approximate surface area is 202 Å². The van der Waals surface area contributed by atoms with E-state index in [1.54, 1.807) is 24.3 Å². The second-order valence-corrected chi connectivity index (χ2v) is 9.93. The molecule has 0 radical (unpaired) electrons. The molecule has 0 atom stereocenters. The molecule has 7 nitrogen and oxygen atoms in total. The van der Waals surface area contributed by atoms with Gasteiger partial charge in [-0.3, -0.25) is 4.57 Å². The molecule has 0 spiro atoms. The van der Waals surface area contributed by atoms with E-state index in [4.69, 9.17) is 8.60 Å². The van der Waals surface area contributed by atoms with E-state index in [9.17, 15) is 13.2 Å². The van der Waals surface area contributed by atoms with Crippen LogP contribution in [-0.4, -0.2) is 27.1 Å². The van der Waals surface area contributed by atoms with Gasteiger partial charge in [0.05, 0.1) is 0 Å². The zero-order valence-electron chi connectivity index (χ0n) is 19.3. The van der Waals surface area contributed by atoms with Crippen LogP contribution in [0.2, 0.25) is 0 Å². The second kappa shape index (κ2) is 8.96. The number of aromatic nitrogens is 1. The van der Waals surface area contributed by atoms with Crippen LogP contribution in [0.3, 0.4) is 0 Å². The predicted molar refractivity (Wildman–Crippen MR) is 137 cm³/mol. The third-order valence-electron chi connectivity index (χ3n) is 5.93. The summed E-state index contributed by atoms with van der Waals surface area (Å²) in [5.74, 6) is -0.521. The van der Waals surface area contributed by atoms with Crippen LogP contribution in [0.15, 0.2) is 99.0 Å². The maximum atomic E-state index is 13.5. The average molecular weight is 489 g/mol. The first-order valence-corrected chi connectivity index (χ1v) is 12.6. The molecule has 0 fully saturated rings. The second-order valence-electron chi connectivity index (χ2n) is 8.42. The van der Waals surface area contributed by atoms with Crippen molar-refractivity contribution >= 4 is 37.7 Å². The SMILES string of the molecule is CN(C)c1cccc2c(S(=O)(=O)Oc3cccc4oc(=O)n(CCc5ccccc5)c34)cccc12. The summed E-state index contributed by atoms with van der Waals surface area (Å²) >= 11 is 0. The fraction of sp³-hybridized carbons (Fsp3) is 0.148. The van der Waals surface area contributed by atoms with Crippen molar-refractivity contribution in [1.82, 2.24) is 4.57 Å². The summed E-state index contributed by atoms with van der Waals surface area (Å²) in [6.45, 7) is 0.316. The Kier molecular flexibility index (Phi) is 5.82. The van der Waals surface area contributed by atoms with Crippen molar-refractivity contribution in [3.05, 3.63) is 101 Å². The average Bonchev–Trinajstić information content (AvgIpc) is 3.18. The van der Waals surface area contributed by atoms with Crippen molar-refractivity contribution in [2.24, 2.45) is 0 Å². The van der Waals surface area contributed by atoms with Gasteiger partial charge in [-0.15, -0.1) is 0 Å². The number of rotatable bonds is 7. The fourth-order valence-corrected chi connectivity index (χ4v) is 5.44. The summed E-state index contributed by atoms with van der Waals surface area (Å²) in [6, 6.07) is 25.1. The number of aryl methyl sites for hydroxylation is 2. The van der Waals surface area contributed by atoms with Crippen molar-refractivity contribution in [3.8, 4) is 5.75 Å². The first kappa shape index (κ1) is 22.7. The van der Waals surface area contributed by atoms with Gasteiger partial charge in [0.25, 0.3) is 0 Å². The van der Waals surface area contributed by atoms with E-state index in [1.165, 1.54) is 16.7 Å². The standard InChI is InChI=1S/C27H24N2O5S/c1-28(2)22-13-6-12-21-20(22)11-7-16-25(21)35(31,32)34-24-15-8-14-23-26(24)29(27(30)33-23)18-17-19-9-4-3-5-10-19/h3-16H,17-18H2,1-2H3. The molecule has 0 amide bonds. The van der Waals surface area contributed by atoms with Gasteiger partial charge in [0.2, 0.25) is 0 Å². The van der Waals surface area contributed by atoms with E-state index in [-0.39, 0.29) is 16.2 Å². The summed E-state index contributed by atoms with van der Waals surface area (Å²) in [7, 11) is -0.417. The van der Waals surface area contributed by atoms with E-state index >= 15 is 0 Å². The molecular formula is C27H24N2O5S. The molecule has 0 aliphatic carbocycles. The maximum Gasteiger partial charge on any atom is 0.420 e. The Morgan fingerprint density at radius 2 is 1.57 bits per heavy atom. The minimum Gasteiger partial charge on any atom is -0.408 e. The Balaban J connectivity index is 1.57. The fourth-order valence-electron chi connectivity index (χ4n) is 4.28. The zero-order valence-corrected chi connectivity index (χ0v) is 20.2. The smallest absolute Gasteiger partial charge is 0.408 e. The first-order valence-electron chi connectivity index (χ1n) is 11.1. The monoisotopic (exact) mass is 488 g/mol. The molecule has 4 aromatic carbocycles. The van der Waals surface area contributed by atoms with Crippen molar-refractivity contribution in [3.63, 3.8) is 0 Å². The minimum atomic E-state index is -4.22. The van der Waals surface area contributed by atoms with Crippen LogP contribution >= 0.6 is 0 Å². The summed E-state index contributed by atoms with van der Waals surface area (Å²) in [5.41, 5.74) is 2.52. The van der Waals surface area contributed by atoms with Crippen molar-refractivity contribution < 1.29 is 17.0 Å². The quantitative estimate of drug-likeness (QED) is 0.306. The van der Waals surface area contributed by atoms with E-state index in [2.05, 4.69) is 0 Å². The van der Waals surface area contributed by atoms with Crippen LogP contribution in [-0.2, 0) is 23.1 Å². The van der Waals surface area contributed by atoms with Crippen LogP contribution in [0.5, 0.6) is 5.75 Å². The number of benzene rings is 4. The van der Waals surface area contributed by atoms with Crippen LogP contribution in [0, 0.1) is 0 Å². The molecule has 0 saturated carbocycles. The molecule has 0 bridgehead atoms. The highest BCUT2D eigenvalue weighted by Gasteiger charge is 2.24. The number of oxazole rings is 1. The number of hydrogen-bond acceptors (Lipinski definition) is 6. The molecule has 35 heavy (non-hydrogen) atoms. The van der Waals surface area contributed by atoms with Gasteiger partial charge in [-0.25, -0.2) is 4.79 Å². The molecule has 178 valence electrons. The predicted octanol–water partition coefficient (Wildman–Crippen LogP) is 4.82. The largest absolute Gasteiger partial charge is 0.420 e. The highest BCUT2D eigenvalue weighted by Crippen LogP contribution is 2.33. The van der Waals surface area contributed by atoms with E-state index in [0.717, 1.165) is 16.6 Å². The van der Waals surface area contributed by atoms with Crippen molar-refractivity contribution in [2.45, 2.75) is 17.9 Å². The van der Waals surface area contributed by atoms with Crippen LogP contribution < -0.4 is 14.8 Å². The molecule has 0 aliphatic rings. The Hall–Kier alpha value is -4.04. The van der Waals surface area contributed by atoms with Gasteiger partial charge in [0, 0.05) is 37.1 Å². The van der Waals surface area contributed by atoms with Crippen LogP contribution in [0.4, 0.5) is 5.69 Å². The van der Waals surface area contributed by atoms with Gasteiger partial charge in [-0.05, 0) is 36.2 Å². The maximum absolute atomic E-state index is 13.5. The molecule has 0 unspecified atom stereocenters. The molecule has 0 aliphatic heterocycles. The van der Waals surface area contributed by atoms with Gasteiger partial charge < -0.3 is 13.5 Å². The first-order chi connectivity index (χ1) is 16.8. The Morgan fingerprint density at radius 3 is 2.34 bits per heavy atom. The normalized spacial score (nSPS) is 11.7. The van der Waals surface area contributed by atoms with Crippen LogP contribution in [0.1, 0.15) is 5.56 Å². The van der Waals surface area contributed by atoms with Gasteiger partial charge in [0.1, 0.15) is 10.4 Å². The highest BCUT2D eigenvalue weighted by atomic mass is 32.2. The lowest BCUT2D eigenvalue weighted by Gasteiger charge is -2.17. The number of hydrogen-bond donors (Lipinski definition) is 0. The third kappa shape index (κ3) is 4.28. The summed E-state index contributed by atoms with van der Waals surface area (Å²) < 4.78 is 39.4. The number of fused-ring (bicyclic) bond motifs is 2. The Morgan fingerprint density at radius 1 is 0.857 bits per heavy atom. The lowest BCUT2D eigenvalue weighted by Crippen LogP contribution is -2.17. The Bertz CT molecular complexity index is 1690. The van der Waals surface area contributed by atoms with Crippen LogP contribution in [0.25, 0.3) is 21.9 Å². The lowest BCUT2D eigenvalue weighted by atomic mass is 10.1. The molecule has 5 aromatic rings. The van der Waals surface area contributed by atoms with Crippen molar-refractivity contribution in [1.29, 1.82) is 0 Å². The summed E-state index contributed by atoms with van der Waals surface area (Å²) in [5, 5.41) is 1.35. The van der Waals surface area contributed by atoms with E-state index < -0.39 is 15.9 Å². The number of anilines is 1. The van der Waals surface area contributed by atoms with Crippen molar-refractivity contribution in [2.75, 3.05) is 19.0 Å². The molecule has 1 heterocycles. The topological polar surface area (TPSA) is 81.8 Å². The summed E-state index contributed by atoms with van der Waals surface area (Å²) in [4.78, 5) is 14.6. The molecule has 0 N–H and O–H groups in total. The van der Waals surface area contributed by atoms with Gasteiger partial charge in [0.15, 0.2) is 11.3 Å². The summed E-state index contributed by atoms with van der Waals surface area (Å²) in [6.07, 6.45) is 0.576. The molecule has 8 heteroatoms. The highest BCUT2D eigenvalue weighted by molar-refractivity contribution is 7.87. The molecule has 0 saturated heterocycles.